The highest BCUT2D eigenvalue weighted by Gasteiger charge is 2.11. The van der Waals surface area contributed by atoms with Crippen LogP contribution in [-0.2, 0) is 4.79 Å². The molecule has 1 unspecified atom stereocenters. The smallest absolute Gasteiger partial charge is 0.258 e. The molecule has 0 aliphatic rings. The van der Waals surface area contributed by atoms with Crippen molar-refractivity contribution in [1.29, 1.82) is 0 Å². The molecule has 0 aliphatic carbocycles. The van der Waals surface area contributed by atoms with Crippen LogP contribution in [0.25, 0.3) is 0 Å². The summed E-state index contributed by atoms with van der Waals surface area (Å²) in [5.41, 5.74) is 4.97. The number of carbonyl (C=O) groups is 1. The third-order valence-electron chi connectivity index (χ3n) is 1.60. The third kappa shape index (κ3) is 2.60. The van der Waals surface area contributed by atoms with Crippen LogP contribution in [0, 0.1) is 5.82 Å². The second kappa shape index (κ2) is 4.28. The Morgan fingerprint density at radius 3 is 2.79 bits per heavy atom. The lowest BCUT2D eigenvalue weighted by Gasteiger charge is -2.10. The van der Waals surface area contributed by atoms with E-state index < -0.39 is 17.8 Å². The summed E-state index contributed by atoms with van der Waals surface area (Å²) >= 11 is 5.46. The predicted octanol–water partition coefficient (Wildman–Crippen LogP) is 1.73. The number of primary amides is 1. The molecule has 1 aromatic rings. The van der Waals surface area contributed by atoms with E-state index in [9.17, 15) is 9.18 Å². The fourth-order valence-electron chi connectivity index (χ4n) is 0.812. The SMILES string of the molecule is CC(Oc1ccc(Cl)c(F)c1)C(N)=O. The first-order valence-electron chi connectivity index (χ1n) is 3.91. The van der Waals surface area contributed by atoms with Crippen LogP contribution in [-0.4, -0.2) is 12.0 Å². The van der Waals surface area contributed by atoms with Crippen LogP contribution in [0.5, 0.6) is 5.75 Å². The number of ether oxygens (including phenoxy) is 1. The average molecular weight is 218 g/mol. The van der Waals surface area contributed by atoms with Crippen LogP contribution < -0.4 is 10.5 Å². The summed E-state index contributed by atoms with van der Waals surface area (Å²) in [7, 11) is 0. The van der Waals surface area contributed by atoms with Crippen molar-refractivity contribution < 1.29 is 13.9 Å². The van der Waals surface area contributed by atoms with E-state index in [1.54, 1.807) is 0 Å². The Bertz CT molecular complexity index is 357. The first kappa shape index (κ1) is 10.8. The van der Waals surface area contributed by atoms with Crippen LogP contribution in [0.1, 0.15) is 6.92 Å². The van der Waals surface area contributed by atoms with E-state index in [1.165, 1.54) is 19.1 Å². The zero-order valence-corrected chi connectivity index (χ0v) is 8.22. The van der Waals surface area contributed by atoms with Gasteiger partial charge in [-0.2, -0.15) is 0 Å². The molecule has 0 saturated carbocycles. The van der Waals surface area contributed by atoms with Crippen molar-refractivity contribution >= 4 is 17.5 Å². The molecule has 76 valence electrons. The maximum absolute atomic E-state index is 12.9. The minimum Gasteiger partial charge on any atom is -0.481 e. The van der Waals surface area contributed by atoms with Gasteiger partial charge in [0.1, 0.15) is 11.6 Å². The van der Waals surface area contributed by atoms with E-state index in [1.807, 2.05) is 0 Å². The number of hydrogen-bond acceptors (Lipinski definition) is 2. The lowest BCUT2D eigenvalue weighted by Crippen LogP contribution is -2.30. The summed E-state index contributed by atoms with van der Waals surface area (Å²) in [5.74, 6) is -0.987. The maximum Gasteiger partial charge on any atom is 0.258 e. The van der Waals surface area contributed by atoms with Crippen LogP contribution in [0.3, 0.4) is 0 Å². The Morgan fingerprint density at radius 1 is 1.64 bits per heavy atom. The van der Waals surface area contributed by atoms with Gasteiger partial charge in [-0.05, 0) is 19.1 Å². The van der Waals surface area contributed by atoms with E-state index in [4.69, 9.17) is 22.1 Å². The Balaban J connectivity index is 2.78. The normalized spacial score (nSPS) is 12.2. The molecule has 0 spiro atoms. The zero-order valence-electron chi connectivity index (χ0n) is 7.46. The molecule has 2 N–H and O–H groups in total. The van der Waals surface area contributed by atoms with Crippen LogP contribution in [0.4, 0.5) is 4.39 Å². The summed E-state index contributed by atoms with van der Waals surface area (Å²) in [6.07, 6.45) is -0.796. The van der Waals surface area contributed by atoms with Gasteiger partial charge >= 0.3 is 0 Å². The van der Waals surface area contributed by atoms with Gasteiger partial charge in [-0.1, -0.05) is 11.6 Å². The van der Waals surface area contributed by atoms with Crippen LogP contribution in [0.15, 0.2) is 18.2 Å². The van der Waals surface area contributed by atoms with Gasteiger partial charge in [0.15, 0.2) is 6.10 Å². The molecule has 0 heterocycles. The first-order chi connectivity index (χ1) is 6.50. The number of nitrogens with two attached hydrogens (primary N) is 1. The monoisotopic (exact) mass is 217 g/mol. The van der Waals surface area contributed by atoms with E-state index in [-0.39, 0.29) is 10.8 Å². The summed E-state index contributed by atoms with van der Waals surface area (Å²) < 4.78 is 17.9. The number of hydrogen-bond donors (Lipinski definition) is 1. The molecule has 1 amide bonds. The highest BCUT2D eigenvalue weighted by Crippen LogP contribution is 2.21. The Hall–Kier alpha value is -1.29. The lowest BCUT2D eigenvalue weighted by molar-refractivity contribution is -0.123. The van der Waals surface area contributed by atoms with Gasteiger partial charge < -0.3 is 10.5 Å². The van der Waals surface area contributed by atoms with Crippen molar-refractivity contribution in [1.82, 2.24) is 0 Å². The molecule has 14 heavy (non-hydrogen) atoms. The first-order valence-corrected chi connectivity index (χ1v) is 4.29. The maximum atomic E-state index is 12.9. The van der Waals surface area contributed by atoms with Gasteiger partial charge in [-0.3, -0.25) is 4.79 Å². The quantitative estimate of drug-likeness (QED) is 0.839. The Labute approximate surface area is 85.6 Å². The molecule has 0 aliphatic heterocycles. The minimum atomic E-state index is -0.796. The fourth-order valence-corrected chi connectivity index (χ4v) is 0.930. The van der Waals surface area contributed by atoms with Gasteiger partial charge in [0.25, 0.3) is 5.91 Å². The van der Waals surface area contributed by atoms with Gasteiger partial charge in [-0.25, -0.2) is 4.39 Å². The van der Waals surface area contributed by atoms with E-state index in [2.05, 4.69) is 0 Å². The van der Waals surface area contributed by atoms with Gasteiger partial charge in [-0.15, -0.1) is 0 Å². The van der Waals surface area contributed by atoms with Crippen molar-refractivity contribution in [2.24, 2.45) is 5.73 Å². The number of amides is 1. The van der Waals surface area contributed by atoms with E-state index >= 15 is 0 Å². The van der Waals surface area contributed by atoms with Crippen molar-refractivity contribution in [3.63, 3.8) is 0 Å². The van der Waals surface area contributed by atoms with E-state index in [0.29, 0.717) is 0 Å². The Morgan fingerprint density at radius 2 is 2.29 bits per heavy atom. The van der Waals surface area contributed by atoms with Gasteiger partial charge in [0, 0.05) is 6.07 Å². The molecule has 0 saturated heterocycles. The molecule has 0 bridgehead atoms. The second-order valence-electron chi connectivity index (χ2n) is 2.74. The largest absolute Gasteiger partial charge is 0.481 e. The van der Waals surface area contributed by atoms with Crippen molar-refractivity contribution in [3.05, 3.63) is 29.0 Å². The third-order valence-corrected chi connectivity index (χ3v) is 1.91. The molecule has 3 nitrogen and oxygen atoms in total. The number of carbonyl (C=O) groups excluding carboxylic acids is 1. The molecular formula is C9H9ClFNO2. The molecule has 1 aromatic carbocycles. The standard InChI is InChI=1S/C9H9ClFNO2/c1-5(9(12)13)14-6-2-3-7(10)8(11)4-6/h2-5H,1H3,(H2,12,13). The number of rotatable bonds is 3. The lowest BCUT2D eigenvalue weighted by atomic mass is 10.3. The van der Waals surface area contributed by atoms with Crippen molar-refractivity contribution in [3.8, 4) is 5.75 Å². The summed E-state index contributed by atoms with van der Waals surface area (Å²) in [5, 5.41) is 0.00378. The molecule has 5 heteroatoms. The fraction of sp³-hybridized carbons (Fsp3) is 0.222. The molecule has 1 atom stereocenters. The van der Waals surface area contributed by atoms with Crippen molar-refractivity contribution in [2.45, 2.75) is 13.0 Å². The summed E-state index contributed by atoms with van der Waals surface area (Å²) in [4.78, 5) is 10.6. The molecule has 0 aromatic heterocycles. The van der Waals surface area contributed by atoms with Crippen LogP contribution in [0.2, 0.25) is 5.02 Å². The van der Waals surface area contributed by atoms with Gasteiger partial charge in [0.2, 0.25) is 0 Å². The highest BCUT2D eigenvalue weighted by atomic mass is 35.5. The topological polar surface area (TPSA) is 52.3 Å². The molecular weight excluding hydrogens is 209 g/mol. The number of benzene rings is 1. The predicted molar refractivity (Wildman–Crippen MR) is 50.7 cm³/mol. The highest BCUT2D eigenvalue weighted by molar-refractivity contribution is 6.30. The summed E-state index contributed by atoms with van der Waals surface area (Å²) in [6.45, 7) is 1.48. The van der Waals surface area contributed by atoms with Crippen molar-refractivity contribution in [2.75, 3.05) is 0 Å². The van der Waals surface area contributed by atoms with E-state index in [0.717, 1.165) is 6.07 Å². The summed E-state index contributed by atoms with van der Waals surface area (Å²) in [6, 6.07) is 3.91. The zero-order chi connectivity index (χ0) is 10.7. The number of halogens is 2. The second-order valence-corrected chi connectivity index (χ2v) is 3.15. The van der Waals surface area contributed by atoms with Gasteiger partial charge in [0.05, 0.1) is 5.02 Å². The molecule has 0 fully saturated rings. The molecule has 0 radical (unpaired) electrons. The van der Waals surface area contributed by atoms with Crippen LogP contribution >= 0.6 is 11.6 Å². The Kier molecular flexibility index (Phi) is 3.30. The average Bonchev–Trinajstić information content (AvgIpc) is 2.11. The minimum absolute atomic E-state index is 0.00378. The molecule has 1 rings (SSSR count).